The Morgan fingerprint density at radius 2 is 1.68 bits per heavy atom. The van der Waals surface area contributed by atoms with Crippen molar-refractivity contribution in [3.05, 3.63) is 59.2 Å². The number of anilines is 2. The molecule has 0 heterocycles. The Morgan fingerprint density at radius 3 is 2.21 bits per heavy atom. The fraction of sp³-hybridized carbons (Fsp3) is 0.200. The second-order valence-corrected chi connectivity index (χ2v) is 4.41. The lowest BCUT2D eigenvalue weighted by Gasteiger charge is -2.23. The first kappa shape index (κ1) is 13.5. The minimum Gasteiger partial charge on any atom is -0.392 e. The number of nitrogens with zero attached hydrogens (tertiary/aromatic N) is 1. The molecule has 2 nitrogen and oxygen atoms in total. The number of hydrogen-bond acceptors (Lipinski definition) is 2. The second kappa shape index (κ2) is 5.36. The van der Waals surface area contributed by atoms with Crippen LogP contribution in [0.25, 0.3) is 0 Å². The Hall–Kier alpha value is -1.94. The molecule has 0 spiro atoms. The van der Waals surface area contributed by atoms with E-state index >= 15 is 0 Å². The van der Waals surface area contributed by atoms with E-state index in [9.17, 15) is 8.78 Å². The summed E-state index contributed by atoms with van der Waals surface area (Å²) in [6, 6.07) is 9.66. The molecule has 0 saturated carbocycles. The number of hydrogen-bond donors (Lipinski definition) is 1. The van der Waals surface area contributed by atoms with Crippen LogP contribution in [0.15, 0.2) is 36.4 Å². The molecule has 2 rings (SSSR count). The van der Waals surface area contributed by atoms with E-state index in [0.717, 1.165) is 23.4 Å². The van der Waals surface area contributed by atoms with Crippen molar-refractivity contribution >= 4 is 11.4 Å². The van der Waals surface area contributed by atoms with Crippen LogP contribution in [0.2, 0.25) is 0 Å². The summed E-state index contributed by atoms with van der Waals surface area (Å²) < 4.78 is 27.9. The van der Waals surface area contributed by atoms with E-state index in [1.165, 1.54) is 4.90 Å². The summed E-state index contributed by atoms with van der Waals surface area (Å²) in [5, 5.41) is 8.93. The first-order valence-electron chi connectivity index (χ1n) is 5.92. The van der Waals surface area contributed by atoms with Crippen LogP contribution in [0.3, 0.4) is 0 Å². The van der Waals surface area contributed by atoms with Crippen LogP contribution < -0.4 is 4.90 Å². The number of rotatable bonds is 3. The largest absolute Gasteiger partial charge is 0.392 e. The highest BCUT2D eigenvalue weighted by Crippen LogP contribution is 2.31. The zero-order chi connectivity index (χ0) is 14.0. The van der Waals surface area contributed by atoms with Crippen molar-refractivity contribution in [3.8, 4) is 0 Å². The van der Waals surface area contributed by atoms with E-state index < -0.39 is 11.6 Å². The average Bonchev–Trinajstić information content (AvgIpc) is 2.38. The predicted octanol–water partition coefficient (Wildman–Crippen LogP) is 3.53. The zero-order valence-electron chi connectivity index (χ0n) is 10.8. The van der Waals surface area contributed by atoms with Gasteiger partial charge >= 0.3 is 0 Å². The third-order valence-corrected chi connectivity index (χ3v) is 3.07. The lowest BCUT2D eigenvalue weighted by molar-refractivity contribution is 0.280. The highest BCUT2D eigenvalue weighted by atomic mass is 19.1. The molecule has 0 aromatic heterocycles. The van der Waals surface area contributed by atoms with E-state index in [1.54, 1.807) is 13.1 Å². The van der Waals surface area contributed by atoms with Gasteiger partial charge in [0.15, 0.2) is 0 Å². The molecule has 1 N–H and O–H groups in total. The van der Waals surface area contributed by atoms with Gasteiger partial charge in [-0.2, -0.15) is 0 Å². The van der Waals surface area contributed by atoms with Gasteiger partial charge in [-0.25, -0.2) is 8.78 Å². The predicted molar refractivity (Wildman–Crippen MR) is 71.5 cm³/mol. The molecule has 0 amide bonds. The maximum Gasteiger partial charge on any atom is 0.150 e. The van der Waals surface area contributed by atoms with E-state index in [4.69, 9.17) is 5.11 Å². The Morgan fingerprint density at radius 1 is 1.11 bits per heavy atom. The molecule has 0 aliphatic carbocycles. The summed E-state index contributed by atoms with van der Waals surface area (Å²) in [6.07, 6.45) is 0. The SMILES string of the molecule is Cc1ccccc1N(C)c1c(F)cc(CO)cc1F. The molecule has 0 fully saturated rings. The fourth-order valence-corrected chi connectivity index (χ4v) is 2.09. The first-order valence-corrected chi connectivity index (χ1v) is 5.92. The van der Waals surface area contributed by atoms with Crippen molar-refractivity contribution in [1.29, 1.82) is 0 Å². The van der Waals surface area contributed by atoms with Crippen LogP contribution in [0.4, 0.5) is 20.2 Å². The molecule has 0 unspecified atom stereocenters. The van der Waals surface area contributed by atoms with Gasteiger partial charge in [0.2, 0.25) is 0 Å². The van der Waals surface area contributed by atoms with Crippen LogP contribution in [0.5, 0.6) is 0 Å². The summed E-state index contributed by atoms with van der Waals surface area (Å²) in [5.41, 5.74) is 1.76. The fourth-order valence-electron chi connectivity index (χ4n) is 2.09. The molecule has 0 aliphatic rings. The van der Waals surface area contributed by atoms with Gasteiger partial charge in [-0.3, -0.25) is 0 Å². The van der Waals surface area contributed by atoms with Crippen LogP contribution in [0, 0.1) is 18.6 Å². The molecule has 2 aromatic carbocycles. The summed E-state index contributed by atoms with van der Waals surface area (Å²) in [7, 11) is 1.61. The minimum absolute atomic E-state index is 0.119. The molecule has 0 atom stereocenters. The smallest absolute Gasteiger partial charge is 0.150 e. The maximum absolute atomic E-state index is 14.0. The number of aliphatic hydroxyl groups is 1. The lowest BCUT2D eigenvalue weighted by atomic mass is 10.1. The van der Waals surface area contributed by atoms with E-state index in [-0.39, 0.29) is 17.9 Å². The van der Waals surface area contributed by atoms with Crippen molar-refractivity contribution in [3.63, 3.8) is 0 Å². The van der Waals surface area contributed by atoms with Crippen LogP contribution >= 0.6 is 0 Å². The van der Waals surface area contributed by atoms with Gasteiger partial charge in [-0.1, -0.05) is 18.2 Å². The van der Waals surface area contributed by atoms with E-state index in [2.05, 4.69) is 0 Å². The average molecular weight is 263 g/mol. The molecule has 0 aliphatic heterocycles. The minimum atomic E-state index is -0.685. The summed E-state index contributed by atoms with van der Waals surface area (Å²) in [6.45, 7) is 1.49. The van der Waals surface area contributed by atoms with Gasteiger partial charge in [-0.05, 0) is 36.2 Å². The monoisotopic (exact) mass is 263 g/mol. The normalized spacial score (nSPS) is 10.6. The quantitative estimate of drug-likeness (QED) is 0.915. The Labute approximate surface area is 110 Å². The van der Waals surface area contributed by atoms with Crippen molar-refractivity contribution in [2.45, 2.75) is 13.5 Å². The van der Waals surface area contributed by atoms with Crippen LogP contribution in [0.1, 0.15) is 11.1 Å². The number of para-hydroxylation sites is 1. The van der Waals surface area contributed by atoms with Crippen LogP contribution in [-0.4, -0.2) is 12.2 Å². The number of benzene rings is 2. The van der Waals surface area contributed by atoms with Crippen molar-refractivity contribution in [2.75, 3.05) is 11.9 Å². The molecule has 4 heteroatoms. The van der Waals surface area contributed by atoms with Crippen molar-refractivity contribution in [2.24, 2.45) is 0 Å². The van der Waals surface area contributed by atoms with Crippen LogP contribution in [-0.2, 0) is 6.61 Å². The Kier molecular flexibility index (Phi) is 3.81. The van der Waals surface area contributed by atoms with Gasteiger partial charge in [0, 0.05) is 12.7 Å². The summed E-state index contributed by atoms with van der Waals surface area (Å²) in [4.78, 5) is 1.47. The molecule has 100 valence electrons. The van der Waals surface area contributed by atoms with Crippen molar-refractivity contribution in [1.82, 2.24) is 0 Å². The summed E-state index contributed by atoms with van der Waals surface area (Å²) >= 11 is 0. The molecule has 19 heavy (non-hydrogen) atoms. The second-order valence-electron chi connectivity index (χ2n) is 4.41. The van der Waals surface area contributed by atoms with Gasteiger partial charge < -0.3 is 10.0 Å². The summed E-state index contributed by atoms with van der Waals surface area (Å²) in [5.74, 6) is -1.37. The molecule has 0 bridgehead atoms. The zero-order valence-corrected chi connectivity index (χ0v) is 10.8. The number of aryl methyl sites for hydroxylation is 1. The molecule has 2 aromatic rings. The molecular weight excluding hydrogens is 248 g/mol. The first-order chi connectivity index (χ1) is 9.04. The highest BCUT2D eigenvalue weighted by molar-refractivity contribution is 5.66. The maximum atomic E-state index is 14.0. The standard InChI is InChI=1S/C15H15F2NO/c1-10-5-3-4-6-14(10)18(2)15-12(16)7-11(9-19)8-13(15)17/h3-8,19H,9H2,1-2H3. The topological polar surface area (TPSA) is 23.5 Å². The molecular formula is C15H15F2NO. The Bertz CT molecular complexity index is 575. The third-order valence-electron chi connectivity index (χ3n) is 3.07. The number of halogens is 2. The van der Waals surface area contributed by atoms with E-state index in [0.29, 0.717) is 0 Å². The van der Waals surface area contributed by atoms with Gasteiger partial charge in [0.1, 0.15) is 17.3 Å². The van der Waals surface area contributed by atoms with Gasteiger partial charge in [0.25, 0.3) is 0 Å². The number of aliphatic hydroxyl groups excluding tert-OH is 1. The Balaban J connectivity index is 2.50. The van der Waals surface area contributed by atoms with E-state index in [1.807, 2.05) is 25.1 Å². The van der Waals surface area contributed by atoms with Crippen molar-refractivity contribution < 1.29 is 13.9 Å². The molecule has 0 radical (unpaired) electrons. The van der Waals surface area contributed by atoms with Gasteiger partial charge in [-0.15, -0.1) is 0 Å². The lowest BCUT2D eigenvalue weighted by Crippen LogP contribution is -2.14. The molecule has 0 saturated heterocycles. The highest BCUT2D eigenvalue weighted by Gasteiger charge is 2.17. The van der Waals surface area contributed by atoms with Gasteiger partial charge in [0.05, 0.1) is 6.61 Å². The third kappa shape index (κ3) is 2.58.